The fourth-order valence-electron chi connectivity index (χ4n) is 0.607. The van der Waals surface area contributed by atoms with Gasteiger partial charge in [-0.25, -0.2) is 9.18 Å². The van der Waals surface area contributed by atoms with Gasteiger partial charge in [-0.1, -0.05) is 0 Å². The lowest BCUT2D eigenvalue weighted by atomic mass is 10.4. The third-order valence-electron chi connectivity index (χ3n) is 1.35. The molecular formula is C8H6F4O5S. The number of rotatable bonds is 1. The van der Waals surface area contributed by atoms with Crippen molar-refractivity contribution in [3.05, 3.63) is 30.1 Å². The Morgan fingerprint density at radius 2 is 1.44 bits per heavy atom. The van der Waals surface area contributed by atoms with Gasteiger partial charge in [-0.05, 0) is 24.3 Å². The molecule has 0 unspecified atom stereocenters. The van der Waals surface area contributed by atoms with E-state index in [-0.39, 0.29) is 4.90 Å². The van der Waals surface area contributed by atoms with Crippen LogP contribution in [0.25, 0.3) is 0 Å². The van der Waals surface area contributed by atoms with Gasteiger partial charge in [0.25, 0.3) is 10.1 Å². The molecule has 0 atom stereocenters. The van der Waals surface area contributed by atoms with Crippen LogP contribution in [0.4, 0.5) is 17.6 Å². The van der Waals surface area contributed by atoms with Gasteiger partial charge in [0.2, 0.25) is 0 Å². The molecule has 0 spiro atoms. The van der Waals surface area contributed by atoms with Gasteiger partial charge in [-0.15, -0.1) is 0 Å². The molecule has 5 nitrogen and oxygen atoms in total. The second-order valence-electron chi connectivity index (χ2n) is 2.73. The fourth-order valence-corrected chi connectivity index (χ4v) is 1.09. The average Bonchev–Trinajstić information content (AvgIpc) is 2.16. The Bertz CT molecular complexity index is 505. The highest BCUT2D eigenvalue weighted by molar-refractivity contribution is 7.85. The van der Waals surface area contributed by atoms with Gasteiger partial charge in [-0.3, -0.25) is 4.55 Å². The van der Waals surface area contributed by atoms with Crippen molar-refractivity contribution in [2.45, 2.75) is 11.1 Å². The van der Waals surface area contributed by atoms with E-state index in [4.69, 9.17) is 14.5 Å². The SMILES string of the molecule is O=C(O)C(F)(F)F.O=S(=O)(O)c1ccc(F)cc1. The second-order valence-corrected chi connectivity index (χ2v) is 4.15. The topological polar surface area (TPSA) is 91.7 Å². The predicted octanol–water partition coefficient (Wildman–Crippen LogP) is 1.71. The molecule has 0 bridgehead atoms. The quantitative estimate of drug-likeness (QED) is 0.606. The van der Waals surface area contributed by atoms with Gasteiger partial charge in [-0.2, -0.15) is 21.6 Å². The Morgan fingerprint density at radius 1 is 1.11 bits per heavy atom. The van der Waals surface area contributed by atoms with Crippen molar-refractivity contribution in [2.24, 2.45) is 0 Å². The average molecular weight is 290 g/mol. The lowest BCUT2D eigenvalue weighted by Gasteiger charge is -1.93. The van der Waals surface area contributed by atoms with Crippen LogP contribution in [0.3, 0.4) is 0 Å². The number of carboxylic acid groups (broad SMARTS) is 1. The van der Waals surface area contributed by atoms with Crippen molar-refractivity contribution >= 4 is 16.1 Å². The lowest BCUT2D eigenvalue weighted by molar-refractivity contribution is -0.192. The van der Waals surface area contributed by atoms with Crippen LogP contribution >= 0.6 is 0 Å². The first-order valence-corrected chi connectivity index (χ1v) is 5.42. The monoisotopic (exact) mass is 290 g/mol. The molecule has 0 aliphatic heterocycles. The molecule has 0 radical (unpaired) electrons. The molecule has 10 heteroatoms. The minimum atomic E-state index is -5.08. The summed E-state index contributed by atoms with van der Waals surface area (Å²) in [7, 11) is -4.19. The van der Waals surface area contributed by atoms with Crippen molar-refractivity contribution in [1.82, 2.24) is 0 Å². The Kier molecular flexibility index (Phi) is 5.24. The van der Waals surface area contributed by atoms with Gasteiger partial charge in [0.15, 0.2) is 0 Å². The summed E-state index contributed by atoms with van der Waals surface area (Å²) < 4.78 is 73.1. The summed E-state index contributed by atoms with van der Waals surface area (Å²) >= 11 is 0. The summed E-state index contributed by atoms with van der Waals surface area (Å²) in [5.74, 6) is -3.30. The summed E-state index contributed by atoms with van der Waals surface area (Å²) in [5.41, 5.74) is 0. The van der Waals surface area contributed by atoms with Crippen LogP contribution in [-0.4, -0.2) is 30.2 Å². The van der Waals surface area contributed by atoms with Crippen molar-refractivity contribution in [1.29, 1.82) is 0 Å². The number of aliphatic carboxylic acids is 1. The highest BCUT2D eigenvalue weighted by Crippen LogP contribution is 2.13. The Labute approximate surface area is 98.4 Å². The number of carbonyl (C=O) groups is 1. The molecule has 0 aliphatic rings. The van der Waals surface area contributed by atoms with Gasteiger partial charge in [0, 0.05) is 0 Å². The summed E-state index contributed by atoms with van der Waals surface area (Å²) in [5, 5.41) is 7.12. The van der Waals surface area contributed by atoms with E-state index in [0.717, 1.165) is 24.3 Å². The van der Waals surface area contributed by atoms with Crippen molar-refractivity contribution in [3.8, 4) is 0 Å². The number of hydrogen-bond acceptors (Lipinski definition) is 3. The fraction of sp³-hybridized carbons (Fsp3) is 0.125. The lowest BCUT2D eigenvalue weighted by Crippen LogP contribution is -2.21. The molecule has 2 N–H and O–H groups in total. The van der Waals surface area contributed by atoms with Crippen LogP contribution in [0.1, 0.15) is 0 Å². The highest BCUT2D eigenvalue weighted by atomic mass is 32.2. The van der Waals surface area contributed by atoms with Crippen molar-refractivity contribution in [3.63, 3.8) is 0 Å². The third kappa shape index (κ3) is 6.15. The Morgan fingerprint density at radius 3 is 1.67 bits per heavy atom. The third-order valence-corrected chi connectivity index (χ3v) is 2.22. The maximum atomic E-state index is 12.2. The van der Waals surface area contributed by atoms with E-state index in [0.29, 0.717) is 0 Å². The van der Waals surface area contributed by atoms with E-state index in [1.54, 1.807) is 0 Å². The zero-order valence-electron chi connectivity index (χ0n) is 8.35. The smallest absolute Gasteiger partial charge is 0.475 e. The number of carboxylic acids is 1. The molecule has 0 heterocycles. The molecule has 0 fully saturated rings. The van der Waals surface area contributed by atoms with Crippen LogP contribution < -0.4 is 0 Å². The van der Waals surface area contributed by atoms with E-state index in [2.05, 4.69) is 0 Å². The molecule has 18 heavy (non-hydrogen) atoms. The molecule has 0 saturated heterocycles. The maximum Gasteiger partial charge on any atom is 0.490 e. The normalized spacial score (nSPS) is 11.4. The molecule has 1 aromatic carbocycles. The van der Waals surface area contributed by atoms with E-state index in [9.17, 15) is 26.0 Å². The second kappa shape index (κ2) is 5.78. The van der Waals surface area contributed by atoms with Gasteiger partial charge < -0.3 is 5.11 Å². The Balaban J connectivity index is 0.000000360. The predicted molar refractivity (Wildman–Crippen MR) is 49.9 cm³/mol. The molecular weight excluding hydrogens is 284 g/mol. The van der Waals surface area contributed by atoms with E-state index in [1.807, 2.05) is 0 Å². The van der Waals surface area contributed by atoms with Crippen LogP contribution in [0, 0.1) is 5.82 Å². The molecule has 0 saturated carbocycles. The minimum absolute atomic E-state index is 0.307. The standard InChI is InChI=1S/C6H5FO3S.C2HF3O2/c7-5-1-3-6(4-2-5)11(8,9)10;3-2(4,5)1(6)7/h1-4H,(H,8,9,10);(H,6,7). The minimum Gasteiger partial charge on any atom is -0.475 e. The summed E-state index contributed by atoms with van der Waals surface area (Å²) in [6.07, 6.45) is -5.08. The molecule has 1 aromatic rings. The van der Waals surface area contributed by atoms with Gasteiger partial charge in [0.1, 0.15) is 5.82 Å². The largest absolute Gasteiger partial charge is 0.490 e. The number of hydrogen-bond donors (Lipinski definition) is 2. The van der Waals surface area contributed by atoms with Crippen molar-refractivity contribution in [2.75, 3.05) is 0 Å². The Hall–Kier alpha value is -1.68. The molecule has 0 aromatic heterocycles. The number of halogens is 4. The number of benzene rings is 1. The summed E-state index contributed by atoms with van der Waals surface area (Å²) in [6, 6.07) is 3.90. The van der Waals surface area contributed by atoms with Crippen molar-refractivity contribution < 1.29 is 40.4 Å². The molecule has 0 amide bonds. The first kappa shape index (κ1) is 16.3. The van der Waals surface area contributed by atoms with E-state index < -0.39 is 28.1 Å². The van der Waals surface area contributed by atoms with E-state index >= 15 is 0 Å². The molecule has 0 aliphatic carbocycles. The zero-order valence-corrected chi connectivity index (χ0v) is 9.17. The summed E-state index contributed by atoms with van der Waals surface area (Å²) in [6.45, 7) is 0. The summed E-state index contributed by atoms with van der Waals surface area (Å²) in [4.78, 5) is 8.59. The first-order valence-electron chi connectivity index (χ1n) is 3.98. The van der Waals surface area contributed by atoms with Crippen LogP contribution in [0.5, 0.6) is 0 Å². The van der Waals surface area contributed by atoms with Crippen LogP contribution in [-0.2, 0) is 14.9 Å². The first-order chi connectivity index (χ1) is 7.94. The van der Waals surface area contributed by atoms with Gasteiger partial charge >= 0.3 is 12.1 Å². The van der Waals surface area contributed by atoms with Gasteiger partial charge in [0.05, 0.1) is 4.90 Å². The molecule has 102 valence electrons. The van der Waals surface area contributed by atoms with Crippen LogP contribution in [0.2, 0.25) is 0 Å². The van der Waals surface area contributed by atoms with Crippen LogP contribution in [0.15, 0.2) is 29.2 Å². The highest BCUT2D eigenvalue weighted by Gasteiger charge is 2.38. The molecule has 1 rings (SSSR count). The number of alkyl halides is 3. The van der Waals surface area contributed by atoms with E-state index in [1.165, 1.54) is 0 Å². The maximum absolute atomic E-state index is 12.2. The zero-order chi connectivity index (χ0) is 14.6.